The van der Waals surface area contributed by atoms with Gasteiger partial charge in [0.25, 0.3) is 11.5 Å². The minimum absolute atomic E-state index is 0.500. The lowest BCUT2D eigenvalue weighted by Gasteiger charge is -2.17. The molecule has 1 saturated heterocycles. The van der Waals surface area contributed by atoms with Crippen molar-refractivity contribution < 1.29 is 24.9 Å². The average Bonchev–Trinajstić information content (AvgIpc) is 2.66. The van der Waals surface area contributed by atoms with Crippen LogP contribution in [0.3, 0.4) is 0 Å². The fraction of sp³-hybridized carbons (Fsp3) is 0.500. The third-order valence-corrected chi connectivity index (χ3v) is 2.89. The van der Waals surface area contributed by atoms with E-state index in [2.05, 4.69) is 4.98 Å². The van der Waals surface area contributed by atoms with Crippen LogP contribution in [0.25, 0.3) is 0 Å². The van der Waals surface area contributed by atoms with Crippen LogP contribution in [-0.4, -0.2) is 55.7 Å². The molecule has 9 nitrogen and oxygen atoms in total. The molecule has 4 atom stereocenters. The first kappa shape index (κ1) is 13.6. The van der Waals surface area contributed by atoms with Crippen molar-refractivity contribution in [1.82, 2.24) is 9.55 Å². The summed E-state index contributed by atoms with van der Waals surface area (Å²) in [6.07, 6.45) is -2.66. The summed E-state index contributed by atoms with van der Waals surface area (Å²) in [7, 11) is 0. The number of carbonyl (C=O) groups excluding carboxylic acids is 1. The van der Waals surface area contributed by atoms with Crippen LogP contribution in [0.4, 0.5) is 0 Å². The predicted molar refractivity (Wildman–Crippen MR) is 60.0 cm³/mol. The summed E-state index contributed by atoms with van der Waals surface area (Å²) < 4.78 is 6.07. The first-order valence-electron chi connectivity index (χ1n) is 5.46. The van der Waals surface area contributed by atoms with Gasteiger partial charge in [-0.25, -0.2) is 4.98 Å². The van der Waals surface area contributed by atoms with Gasteiger partial charge in [0.05, 0.1) is 6.61 Å². The van der Waals surface area contributed by atoms with Crippen LogP contribution in [-0.2, 0) is 4.74 Å². The molecular formula is C10H13N3O6. The Morgan fingerprint density at radius 1 is 1.47 bits per heavy atom. The molecule has 0 saturated carbocycles. The number of nitrogens with two attached hydrogens (primary N) is 1. The smallest absolute Gasteiger partial charge is 0.284 e. The fourth-order valence-corrected chi connectivity index (χ4v) is 1.90. The Morgan fingerprint density at radius 3 is 2.68 bits per heavy atom. The number of carbonyl (C=O) groups is 1. The molecule has 1 aliphatic heterocycles. The first-order valence-corrected chi connectivity index (χ1v) is 5.46. The quantitative estimate of drug-likeness (QED) is 0.456. The zero-order valence-electron chi connectivity index (χ0n) is 9.71. The number of ether oxygens (including phenoxy) is 1. The van der Waals surface area contributed by atoms with Crippen LogP contribution in [0.15, 0.2) is 17.2 Å². The molecule has 2 rings (SSSR count). The first-order chi connectivity index (χ1) is 8.97. The molecule has 104 valence electrons. The van der Waals surface area contributed by atoms with Crippen LogP contribution in [0.1, 0.15) is 16.7 Å². The molecule has 0 spiro atoms. The summed E-state index contributed by atoms with van der Waals surface area (Å²) in [6, 6.07) is 0. The summed E-state index contributed by atoms with van der Waals surface area (Å²) in [5.41, 5.74) is 3.65. The monoisotopic (exact) mass is 271 g/mol. The zero-order valence-corrected chi connectivity index (χ0v) is 9.71. The number of rotatable bonds is 3. The molecule has 0 aromatic carbocycles. The van der Waals surface area contributed by atoms with Gasteiger partial charge in [-0.15, -0.1) is 0 Å². The standard InChI is InChI=1S/C10H13N3O6/c11-8(17)5-9(18)13(2-1-12-5)10-7(16)6(15)4(3-14)19-10/h1-2,4,6-7,10,14-16H,3H2,(H2,11,17)/t4-,6+,7-,10-/m1/s1. The van der Waals surface area contributed by atoms with E-state index >= 15 is 0 Å². The number of nitrogens with zero attached hydrogens (tertiary/aromatic N) is 2. The molecule has 0 radical (unpaired) electrons. The van der Waals surface area contributed by atoms with E-state index in [0.717, 1.165) is 10.8 Å². The Bertz CT molecular complexity index is 544. The van der Waals surface area contributed by atoms with Crippen molar-refractivity contribution in [2.75, 3.05) is 6.61 Å². The van der Waals surface area contributed by atoms with Crippen molar-refractivity contribution in [3.8, 4) is 0 Å². The molecule has 2 heterocycles. The highest BCUT2D eigenvalue weighted by molar-refractivity contribution is 5.90. The van der Waals surface area contributed by atoms with Gasteiger partial charge < -0.3 is 25.8 Å². The molecule has 0 bridgehead atoms. The van der Waals surface area contributed by atoms with Crippen molar-refractivity contribution >= 4 is 5.91 Å². The van der Waals surface area contributed by atoms with E-state index in [1.165, 1.54) is 6.20 Å². The van der Waals surface area contributed by atoms with Crippen molar-refractivity contribution in [3.05, 3.63) is 28.4 Å². The summed E-state index contributed by atoms with van der Waals surface area (Å²) in [5, 5.41) is 28.3. The highest BCUT2D eigenvalue weighted by atomic mass is 16.6. The number of primary amides is 1. The van der Waals surface area contributed by atoms with Crippen molar-refractivity contribution in [3.63, 3.8) is 0 Å². The normalized spacial score (nSPS) is 30.5. The van der Waals surface area contributed by atoms with Gasteiger partial charge in [0.15, 0.2) is 11.9 Å². The lowest BCUT2D eigenvalue weighted by molar-refractivity contribution is -0.0545. The number of hydrogen-bond acceptors (Lipinski definition) is 7. The summed E-state index contributed by atoms with van der Waals surface area (Å²) >= 11 is 0. The summed E-state index contributed by atoms with van der Waals surface area (Å²) in [4.78, 5) is 26.5. The maximum absolute atomic E-state index is 11.9. The van der Waals surface area contributed by atoms with E-state index in [-0.39, 0.29) is 0 Å². The van der Waals surface area contributed by atoms with Gasteiger partial charge >= 0.3 is 0 Å². The molecule has 1 aromatic rings. The summed E-state index contributed by atoms with van der Waals surface area (Å²) in [5.74, 6) is -1.01. The maximum Gasteiger partial charge on any atom is 0.284 e. The molecule has 1 aromatic heterocycles. The topological polar surface area (TPSA) is 148 Å². The molecule has 5 N–H and O–H groups in total. The number of aliphatic hydroxyl groups excluding tert-OH is 3. The number of amides is 1. The number of hydrogen-bond donors (Lipinski definition) is 4. The average molecular weight is 271 g/mol. The van der Waals surface area contributed by atoms with E-state index in [1.54, 1.807) is 0 Å². The Morgan fingerprint density at radius 2 is 2.16 bits per heavy atom. The predicted octanol–water partition coefficient (Wildman–Crippen LogP) is -3.05. The van der Waals surface area contributed by atoms with E-state index in [9.17, 15) is 19.8 Å². The van der Waals surface area contributed by atoms with E-state index in [0.29, 0.717) is 0 Å². The second-order valence-corrected chi connectivity index (χ2v) is 4.08. The molecule has 0 unspecified atom stereocenters. The second kappa shape index (κ2) is 5.05. The lowest BCUT2D eigenvalue weighted by Crippen LogP contribution is -2.38. The van der Waals surface area contributed by atoms with Crippen molar-refractivity contribution in [2.45, 2.75) is 24.5 Å². The lowest BCUT2D eigenvalue weighted by atomic mass is 10.1. The maximum atomic E-state index is 11.9. The van der Waals surface area contributed by atoms with Gasteiger partial charge in [-0.2, -0.15) is 0 Å². The fourth-order valence-electron chi connectivity index (χ4n) is 1.90. The molecule has 1 aliphatic rings. The Balaban J connectivity index is 2.41. The van der Waals surface area contributed by atoms with Gasteiger partial charge in [0.1, 0.15) is 18.3 Å². The SMILES string of the molecule is NC(=O)c1nccn([C@@H]2O[C@H](CO)[C@H](O)[C@H]2O)c1=O. The summed E-state index contributed by atoms with van der Waals surface area (Å²) in [6.45, 7) is -0.517. The van der Waals surface area contributed by atoms with Crippen LogP contribution in [0.5, 0.6) is 0 Å². The number of aliphatic hydroxyl groups is 3. The second-order valence-electron chi connectivity index (χ2n) is 4.08. The van der Waals surface area contributed by atoms with E-state index in [1.807, 2.05) is 0 Å². The van der Waals surface area contributed by atoms with Gasteiger partial charge in [-0.1, -0.05) is 0 Å². The Kier molecular flexibility index (Phi) is 3.62. The molecular weight excluding hydrogens is 258 g/mol. The van der Waals surface area contributed by atoms with Gasteiger partial charge in [-0.05, 0) is 0 Å². The molecule has 19 heavy (non-hydrogen) atoms. The zero-order chi connectivity index (χ0) is 14.2. The minimum atomic E-state index is -1.42. The highest BCUT2D eigenvalue weighted by Gasteiger charge is 2.43. The van der Waals surface area contributed by atoms with Gasteiger partial charge in [0.2, 0.25) is 0 Å². The molecule has 0 aliphatic carbocycles. The minimum Gasteiger partial charge on any atom is -0.394 e. The molecule has 9 heteroatoms. The Labute approximate surface area is 106 Å². The van der Waals surface area contributed by atoms with Crippen LogP contribution < -0.4 is 11.3 Å². The van der Waals surface area contributed by atoms with E-state index in [4.69, 9.17) is 15.6 Å². The van der Waals surface area contributed by atoms with Gasteiger partial charge in [0, 0.05) is 12.4 Å². The van der Waals surface area contributed by atoms with E-state index < -0.39 is 48.3 Å². The van der Waals surface area contributed by atoms with Crippen molar-refractivity contribution in [1.29, 1.82) is 0 Å². The van der Waals surface area contributed by atoms with Crippen LogP contribution in [0.2, 0.25) is 0 Å². The molecule has 1 amide bonds. The third kappa shape index (κ3) is 2.24. The highest BCUT2D eigenvalue weighted by Crippen LogP contribution is 2.27. The van der Waals surface area contributed by atoms with Crippen LogP contribution >= 0.6 is 0 Å². The van der Waals surface area contributed by atoms with Crippen LogP contribution in [0, 0.1) is 0 Å². The third-order valence-electron chi connectivity index (χ3n) is 2.89. The van der Waals surface area contributed by atoms with Crippen molar-refractivity contribution in [2.24, 2.45) is 5.73 Å². The largest absolute Gasteiger partial charge is 0.394 e. The number of aromatic nitrogens is 2. The van der Waals surface area contributed by atoms with Gasteiger partial charge in [-0.3, -0.25) is 14.2 Å². The molecule has 1 fully saturated rings. The Hall–Kier alpha value is -1.81.